The summed E-state index contributed by atoms with van der Waals surface area (Å²) in [5, 5.41) is 2.86. The second-order valence-corrected chi connectivity index (χ2v) is 8.72. The summed E-state index contributed by atoms with van der Waals surface area (Å²) in [7, 11) is -2.09. The number of amides is 1. The number of hydrogen-bond acceptors (Lipinski definition) is 4. The molecule has 1 amide bonds. The Morgan fingerprint density at radius 1 is 1.07 bits per heavy atom. The molecule has 2 rings (SSSR count). The average Bonchev–Trinajstić information content (AvgIpc) is 2.68. The molecule has 0 aliphatic heterocycles. The van der Waals surface area contributed by atoms with Crippen molar-refractivity contribution >= 4 is 21.6 Å². The van der Waals surface area contributed by atoms with Crippen molar-refractivity contribution in [3.05, 3.63) is 60.2 Å². The molecule has 152 valence electrons. The van der Waals surface area contributed by atoms with Crippen LogP contribution in [0.25, 0.3) is 0 Å². The maximum absolute atomic E-state index is 12.7. The monoisotopic (exact) mass is 404 g/mol. The number of hydrogen-bond donors (Lipinski definition) is 1. The van der Waals surface area contributed by atoms with Gasteiger partial charge in [-0.2, -0.15) is 0 Å². The number of benzene rings is 2. The second kappa shape index (κ2) is 10.2. The Balaban J connectivity index is 1.90. The van der Waals surface area contributed by atoms with Crippen LogP contribution >= 0.6 is 0 Å². The van der Waals surface area contributed by atoms with E-state index in [9.17, 15) is 13.2 Å². The molecule has 0 saturated heterocycles. The largest absolute Gasteiger partial charge is 0.379 e. The van der Waals surface area contributed by atoms with E-state index in [2.05, 4.69) is 5.32 Å². The van der Waals surface area contributed by atoms with Crippen molar-refractivity contribution in [3.8, 4) is 0 Å². The molecule has 6 nitrogen and oxygen atoms in total. The molecule has 0 radical (unpaired) electrons. The number of sulfonamides is 1. The number of rotatable bonds is 10. The van der Waals surface area contributed by atoms with Crippen molar-refractivity contribution in [2.24, 2.45) is 0 Å². The van der Waals surface area contributed by atoms with Gasteiger partial charge in [0, 0.05) is 20.2 Å². The first-order valence-corrected chi connectivity index (χ1v) is 10.8. The average molecular weight is 405 g/mol. The van der Waals surface area contributed by atoms with Gasteiger partial charge in [-0.3, -0.25) is 9.10 Å². The molecular formula is C21H28N2O4S. The van der Waals surface area contributed by atoms with Gasteiger partial charge in [0.1, 0.15) is 0 Å². The van der Waals surface area contributed by atoms with Crippen LogP contribution in [0.1, 0.15) is 25.8 Å². The molecule has 0 aliphatic carbocycles. The maximum Gasteiger partial charge on any atom is 0.264 e. The molecule has 0 aliphatic rings. The minimum Gasteiger partial charge on any atom is -0.379 e. The number of nitrogens with zero attached hydrogens (tertiary/aromatic N) is 1. The molecule has 0 bridgehead atoms. The Morgan fingerprint density at radius 3 is 2.32 bits per heavy atom. The second-order valence-electron chi connectivity index (χ2n) is 6.75. The summed E-state index contributed by atoms with van der Waals surface area (Å²) in [6.07, 6.45) is 1.21. The van der Waals surface area contributed by atoms with Crippen LogP contribution in [0.15, 0.2) is 59.5 Å². The lowest BCUT2D eigenvalue weighted by Gasteiger charge is -2.19. The van der Waals surface area contributed by atoms with Crippen LogP contribution in [0.2, 0.25) is 0 Å². The summed E-state index contributed by atoms with van der Waals surface area (Å²) < 4.78 is 32.0. The third-order valence-electron chi connectivity index (χ3n) is 4.16. The highest BCUT2D eigenvalue weighted by Crippen LogP contribution is 2.22. The van der Waals surface area contributed by atoms with Crippen molar-refractivity contribution in [3.63, 3.8) is 0 Å². The molecule has 2 aromatic carbocycles. The van der Waals surface area contributed by atoms with Crippen LogP contribution in [0, 0.1) is 0 Å². The summed E-state index contributed by atoms with van der Waals surface area (Å²) in [5.74, 6) is -0.0671. The highest BCUT2D eigenvalue weighted by molar-refractivity contribution is 7.92. The first-order valence-electron chi connectivity index (χ1n) is 9.32. The Morgan fingerprint density at radius 2 is 1.71 bits per heavy atom. The summed E-state index contributed by atoms with van der Waals surface area (Å²) in [6.45, 7) is 5.14. The van der Waals surface area contributed by atoms with Crippen molar-refractivity contribution in [1.29, 1.82) is 0 Å². The quantitative estimate of drug-likeness (QED) is 0.618. The van der Waals surface area contributed by atoms with E-state index in [1.54, 1.807) is 54.6 Å². The minimum atomic E-state index is -3.61. The van der Waals surface area contributed by atoms with E-state index in [-0.39, 0.29) is 23.3 Å². The van der Waals surface area contributed by atoms with E-state index < -0.39 is 10.0 Å². The fourth-order valence-electron chi connectivity index (χ4n) is 2.58. The third kappa shape index (κ3) is 6.35. The number of anilines is 1. The van der Waals surface area contributed by atoms with Crippen LogP contribution in [-0.4, -0.2) is 40.6 Å². The summed E-state index contributed by atoms with van der Waals surface area (Å²) >= 11 is 0. The predicted octanol–water partition coefficient (Wildman–Crippen LogP) is 2.99. The van der Waals surface area contributed by atoms with E-state index in [4.69, 9.17) is 4.74 Å². The molecule has 1 N–H and O–H groups in total. The number of nitrogens with one attached hydrogen (secondary N) is 1. The fraction of sp³-hybridized carbons (Fsp3) is 0.381. The molecule has 0 fully saturated rings. The molecule has 0 atom stereocenters. The van der Waals surface area contributed by atoms with Crippen molar-refractivity contribution in [2.45, 2.75) is 37.7 Å². The Bertz CT molecular complexity index is 850. The molecule has 0 heterocycles. The van der Waals surface area contributed by atoms with Gasteiger partial charge >= 0.3 is 0 Å². The number of ether oxygens (including phenoxy) is 1. The van der Waals surface area contributed by atoms with Gasteiger partial charge in [-0.15, -0.1) is 0 Å². The molecule has 0 unspecified atom stereocenters. The van der Waals surface area contributed by atoms with Crippen LogP contribution in [0.3, 0.4) is 0 Å². The zero-order valence-electron chi connectivity index (χ0n) is 16.6. The summed E-state index contributed by atoms with van der Waals surface area (Å²) in [5.41, 5.74) is 1.36. The smallest absolute Gasteiger partial charge is 0.264 e. The van der Waals surface area contributed by atoms with E-state index in [0.29, 0.717) is 18.8 Å². The van der Waals surface area contributed by atoms with Gasteiger partial charge in [0.15, 0.2) is 0 Å². The predicted molar refractivity (Wildman–Crippen MR) is 111 cm³/mol. The van der Waals surface area contributed by atoms with E-state index in [1.165, 1.54) is 11.4 Å². The normalized spacial score (nSPS) is 11.4. The first-order chi connectivity index (χ1) is 13.3. The zero-order chi connectivity index (χ0) is 20.6. The number of carbonyl (C=O) groups excluding carboxylic acids is 1. The van der Waals surface area contributed by atoms with Gasteiger partial charge in [-0.1, -0.05) is 30.3 Å². The molecule has 7 heteroatoms. The van der Waals surface area contributed by atoms with E-state index in [1.807, 2.05) is 13.8 Å². The lowest BCUT2D eigenvalue weighted by atomic mass is 10.1. The molecule has 0 saturated carbocycles. The van der Waals surface area contributed by atoms with E-state index in [0.717, 1.165) is 12.0 Å². The Kier molecular flexibility index (Phi) is 8.02. The molecule has 28 heavy (non-hydrogen) atoms. The zero-order valence-corrected chi connectivity index (χ0v) is 17.4. The minimum absolute atomic E-state index is 0.0671. The lowest BCUT2D eigenvalue weighted by molar-refractivity contribution is -0.120. The topological polar surface area (TPSA) is 75.7 Å². The van der Waals surface area contributed by atoms with Crippen LogP contribution in [-0.2, 0) is 26.0 Å². The van der Waals surface area contributed by atoms with Crippen LogP contribution in [0.4, 0.5) is 5.69 Å². The van der Waals surface area contributed by atoms with Gasteiger partial charge in [0.2, 0.25) is 5.91 Å². The van der Waals surface area contributed by atoms with Gasteiger partial charge in [-0.25, -0.2) is 8.42 Å². The van der Waals surface area contributed by atoms with Crippen molar-refractivity contribution in [1.82, 2.24) is 5.32 Å². The summed E-state index contributed by atoms with van der Waals surface area (Å²) in [6, 6.07) is 15.2. The van der Waals surface area contributed by atoms with Gasteiger partial charge in [0.05, 0.1) is 23.1 Å². The maximum atomic E-state index is 12.7. The van der Waals surface area contributed by atoms with Crippen LogP contribution in [0.5, 0.6) is 0 Å². The molecule has 0 spiro atoms. The number of carbonyl (C=O) groups is 1. The highest BCUT2D eigenvalue weighted by Gasteiger charge is 2.20. The fourth-order valence-corrected chi connectivity index (χ4v) is 3.80. The SMILES string of the molecule is CC(C)OCCCNC(=O)Cc1ccc(N(C)S(=O)(=O)c2ccccc2)cc1. The highest BCUT2D eigenvalue weighted by atomic mass is 32.2. The Hall–Kier alpha value is -2.38. The standard InChI is InChI=1S/C21H28N2O4S/c1-17(2)27-15-7-14-22-21(24)16-18-10-12-19(13-11-18)23(3)28(25,26)20-8-5-4-6-9-20/h4-6,8-13,17H,7,14-16H2,1-3H3,(H,22,24). The molecular weight excluding hydrogens is 376 g/mol. The lowest BCUT2D eigenvalue weighted by Crippen LogP contribution is -2.27. The first kappa shape index (κ1) is 21.9. The van der Waals surface area contributed by atoms with Crippen molar-refractivity contribution in [2.75, 3.05) is 24.5 Å². The van der Waals surface area contributed by atoms with Crippen molar-refractivity contribution < 1.29 is 17.9 Å². The molecule has 0 aromatic heterocycles. The third-order valence-corrected chi connectivity index (χ3v) is 5.96. The van der Waals surface area contributed by atoms with Gasteiger partial charge in [-0.05, 0) is 50.1 Å². The van der Waals surface area contributed by atoms with Gasteiger partial charge < -0.3 is 10.1 Å². The molecule has 2 aromatic rings. The van der Waals surface area contributed by atoms with Crippen LogP contribution < -0.4 is 9.62 Å². The Labute approximate surface area is 167 Å². The van der Waals surface area contributed by atoms with Gasteiger partial charge in [0.25, 0.3) is 10.0 Å². The summed E-state index contributed by atoms with van der Waals surface area (Å²) in [4.78, 5) is 12.3. The van der Waals surface area contributed by atoms with E-state index >= 15 is 0 Å².